The van der Waals surface area contributed by atoms with Gasteiger partial charge in [-0.15, -0.1) is 0 Å². The van der Waals surface area contributed by atoms with Crippen LogP contribution in [0.3, 0.4) is 0 Å². The smallest absolute Gasteiger partial charge is 0.147 e. The molecule has 35 heavy (non-hydrogen) atoms. The Balaban J connectivity index is 1.35. The van der Waals surface area contributed by atoms with E-state index >= 15 is 0 Å². The SMILES string of the molecule is CCC1=Cc2cc(NC3=NC(c4cccc(-c5ccccc5)c4)Nc4ccccc43)ccc2CC1. The summed E-state index contributed by atoms with van der Waals surface area (Å²) in [5, 5.41) is 7.28. The summed E-state index contributed by atoms with van der Waals surface area (Å²) in [4.78, 5) is 5.15. The molecule has 0 fully saturated rings. The highest BCUT2D eigenvalue weighted by atomic mass is 15.2. The van der Waals surface area contributed by atoms with Gasteiger partial charge in [0.15, 0.2) is 0 Å². The Morgan fingerprint density at radius 1 is 0.829 bits per heavy atom. The van der Waals surface area contributed by atoms with E-state index in [0.29, 0.717) is 0 Å². The van der Waals surface area contributed by atoms with Gasteiger partial charge in [-0.2, -0.15) is 0 Å². The number of aryl methyl sites for hydroxylation is 1. The van der Waals surface area contributed by atoms with Crippen molar-refractivity contribution in [1.82, 2.24) is 0 Å². The van der Waals surface area contributed by atoms with Gasteiger partial charge in [-0.3, -0.25) is 0 Å². The molecular formula is C32H29N3. The lowest BCUT2D eigenvalue weighted by molar-refractivity contribution is 0.827. The Kier molecular flexibility index (Phi) is 5.67. The molecule has 2 aliphatic rings. The molecule has 3 heteroatoms. The van der Waals surface area contributed by atoms with Crippen LogP contribution < -0.4 is 10.6 Å². The second-order valence-corrected chi connectivity index (χ2v) is 9.26. The molecule has 1 aliphatic carbocycles. The molecule has 172 valence electrons. The van der Waals surface area contributed by atoms with Gasteiger partial charge in [0.1, 0.15) is 12.0 Å². The van der Waals surface area contributed by atoms with E-state index in [-0.39, 0.29) is 6.17 Å². The van der Waals surface area contributed by atoms with Crippen LogP contribution in [0.4, 0.5) is 11.4 Å². The molecule has 0 saturated heterocycles. The molecule has 2 N–H and O–H groups in total. The number of fused-ring (bicyclic) bond motifs is 2. The maximum Gasteiger partial charge on any atom is 0.147 e. The van der Waals surface area contributed by atoms with Crippen LogP contribution in [0.25, 0.3) is 17.2 Å². The standard InChI is InChI=1S/C32H29N3/c1-2-22-15-16-24-17-18-28(21-27(24)19-22)33-32-29-13-6-7-14-30(29)34-31(35-32)26-12-8-11-25(20-26)23-9-4-3-5-10-23/h3-14,17-21,31,34H,2,15-16H2,1H3,(H,33,35). The van der Waals surface area contributed by atoms with Crippen LogP contribution in [-0.4, -0.2) is 5.84 Å². The zero-order valence-electron chi connectivity index (χ0n) is 20.0. The maximum atomic E-state index is 5.15. The molecule has 6 rings (SSSR count). The van der Waals surface area contributed by atoms with Crippen molar-refractivity contribution >= 4 is 23.3 Å². The van der Waals surface area contributed by atoms with Gasteiger partial charge in [0, 0.05) is 16.9 Å². The first-order valence-electron chi connectivity index (χ1n) is 12.5. The number of hydrogen-bond donors (Lipinski definition) is 2. The monoisotopic (exact) mass is 455 g/mol. The minimum absolute atomic E-state index is 0.166. The van der Waals surface area contributed by atoms with Crippen LogP contribution in [0.1, 0.15) is 48.2 Å². The first kappa shape index (κ1) is 21.4. The summed E-state index contributed by atoms with van der Waals surface area (Å²) < 4.78 is 0. The van der Waals surface area contributed by atoms with E-state index in [0.717, 1.165) is 41.2 Å². The maximum absolute atomic E-state index is 5.15. The van der Waals surface area contributed by atoms with Crippen molar-refractivity contribution in [3.8, 4) is 11.1 Å². The number of nitrogens with zero attached hydrogens (tertiary/aromatic N) is 1. The predicted molar refractivity (Wildman–Crippen MR) is 148 cm³/mol. The normalized spacial score (nSPS) is 16.3. The fraction of sp³-hybridized carbons (Fsp3) is 0.156. The molecule has 0 radical (unpaired) electrons. The topological polar surface area (TPSA) is 36.4 Å². The van der Waals surface area contributed by atoms with Gasteiger partial charge in [0.05, 0.1) is 0 Å². The molecule has 0 aromatic heterocycles. The lowest BCUT2D eigenvalue weighted by Crippen LogP contribution is -2.25. The highest BCUT2D eigenvalue weighted by Crippen LogP contribution is 2.33. The first-order chi connectivity index (χ1) is 17.3. The van der Waals surface area contributed by atoms with Crippen molar-refractivity contribution in [3.05, 3.63) is 125 Å². The fourth-order valence-electron chi connectivity index (χ4n) is 5.01. The second-order valence-electron chi connectivity index (χ2n) is 9.26. The number of hydrogen-bond acceptors (Lipinski definition) is 3. The van der Waals surface area contributed by atoms with Gasteiger partial charge in [-0.05, 0) is 77.4 Å². The Hall–Kier alpha value is -4.11. The predicted octanol–water partition coefficient (Wildman–Crippen LogP) is 8.08. The Bertz CT molecular complexity index is 1430. The molecule has 0 spiro atoms. The molecule has 0 saturated carbocycles. The van der Waals surface area contributed by atoms with E-state index in [2.05, 4.69) is 121 Å². The quantitative estimate of drug-likeness (QED) is 0.326. The molecule has 1 unspecified atom stereocenters. The highest BCUT2D eigenvalue weighted by molar-refractivity contribution is 6.12. The largest absolute Gasteiger partial charge is 0.359 e. The van der Waals surface area contributed by atoms with E-state index < -0.39 is 0 Å². The summed E-state index contributed by atoms with van der Waals surface area (Å²) in [6.45, 7) is 2.24. The second kappa shape index (κ2) is 9.27. The van der Waals surface area contributed by atoms with Crippen molar-refractivity contribution in [2.24, 2.45) is 4.99 Å². The van der Waals surface area contributed by atoms with Gasteiger partial charge in [0.2, 0.25) is 0 Å². The number of amidine groups is 1. The fourth-order valence-corrected chi connectivity index (χ4v) is 5.01. The molecule has 0 bridgehead atoms. The van der Waals surface area contributed by atoms with Crippen LogP contribution >= 0.6 is 0 Å². The zero-order chi connectivity index (χ0) is 23.6. The summed E-state index contributed by atoms with van der Waals surface area (Å²) in [5.74, 6) is 0.893. The van der Waals surface area contributed by atoms with Gasteiger partial charge >= 0.3 is 0 Å². The van der Waals surface area contributed by atoms with Crippen LogP contribution in [0, 0.1) is 0 Å². The van der Waals surface area contributed by atoms with E-state index in [4.69, 9.17) is 4.99 Å². The highest BCUT2D eigenvalue weighted by Gasteiger charge is 2.22. The number of para-hydroxylation sites is 1. The third-order valence-corrected chi connectivity index (χ3v) is 6.98. The molecular weight excluding hydrogens is 426 g/mol. The molecule has 3 nitrogen and oxygen atoms in total. The minimum atomic E-state index is -0.166. The number of allylic oxidation sites excluding steroid dienone is 1. The van der Waals surface area contributed by atoms with Gasteiger partial charge in [0.25, 0.3) is 0 Å². The third-order valence-electron chi connectivity index (χ3n) is 6.98. The molecule has 1 aliphatic heterocycles. The average molecular weight is 456 g/mol. The Morgan fingerprint density at radius 2 is 1.66 bits per heavy atom. The zero-order valence-corrected chi connectivity index (χ0v) is 20.0. The molecule has 4 aromatic carbocycles. The van der Waals surface area contributed by atoms with Crippen LogP contribution in [0.2, 0.25) is 0 Å². The van der Waals surface area contributed by atoms with Crippen LogP contribution in [0.15, 0.2) is 108 Å². The lowest BCUT2D eigenvalue weighted by Gasteiger charge is -2.27. The van der Waals surface area contributed by atoms with E-state index in [1.807, 2.05) is 0 Å². The van der Waals surface area contributed by atoms with Crippen molar-refractivity contribution < 1.29 is 0 Å². The Morgan fingerprint density at radius 3 is 2.54 bits per heavy atom. The van der Waals surface area contributed by atoms with Gasteiger partial charge < -0.3 is 10.6 Å². The third kappa shape index (κ3) is 4.38. The van der Waals surface area contributed by atoms with Crippen molar-refractivity contribution in [3.63, 3.8) is 0 Å². The number of anilines is 2. The molecule has 1 atom stereocenters. The molecule has 0 amide bonds. The van der Waals surface area contributed by atoms with Crippen molar-refractivity contribution in [2.75, 3.05) is 10.6 Å². The van der Waals surface area contributed by atoms with E-state index in [9.17, 15) is 0 Å². The average Bonchev–Trinajstić information content (AvgIpc) is 2.93. The minimum Gasteiger partial charge on any atom is -0.359 e. The van der Waals surface area contributed by atoms with E-state index in [1.54, 1.807) is 0 Å². The summed E-state index contributed by atoms with van der Waals surface area (Å²) in [7, 11) is 0. The summed E-state index contributed by atoms with van der Waals surface area (Å²) >= 11 is 0. The number of benzene rings is 4. The summed E-state index contributed by atoms with van der Waals surface area (Å²) in [6.07, 6.45) is 5.61. The van der Waals surface area contributed by atoms with Crippen LogP contribution in [0.5, 0.6) is 0 Å². The van der Waals surface area contributed by atoms with E-state index in [1.165, 1.54) is 34.2 Å². The summed E-state index contributed by atoms with van der Waals surface area (Å²) in [6, 6.07) is 34.2. The lowest BCUT2D eigenvalue weighted by atomic mass is 9.91. The Labute approximate surface area is 207 Å². The van der Waals surface area contributed by atoms with Crippen molar-refractivity contribution in [1.29, 1.82) is 0 Å². The number of nitrogens with one attached hydrogen (secondary N) is 2. The molecule has 1 heterocycles. The summed E-state index contributed by atoms with van der Waals surface area (Å²) in [5.41, 5.74) is 11.1. The van der Waals surface area contributed by atoms with Crippen molar-refractivity contribution in [2.45, 2.75) is 32.4 Å². The molecule has 4 aromatic rings. The number of rotatable bonds is 4. The van der Waals surface area contributed by atoms with Gasteiger partial charge in [-0.1, -0.05) is 85.3 Å². The first-order valence-corrected chi connectivity index (χ1v) is 12.5. The van der Waals surface area contributed by atoms with Gasteiger partial charge in [-0.25, -0.2) is 4.99 Å². The van der Waals surface area contributed by atoms with Crippen LogP contribution in [-0.2, 0) is 6.42 Å². The number of aliphatic imine (C=N–C) groups is 1.